The molecule has 0 aliphatic heterocycles. The van der Waals surface area contributed by atoms with Gasteiger partial charge in [-0.15, -0.1) is 0 Å². The minimum Gasteiger partial charge on any atom is -0.411 e. The van der Waals surface area contributed by atoms with Crippen LogP contribution in [0.2, 0.25) is 10.0 Å². The summed E-state index contributed by atoms with van der Waals surface area (Å²) < 4.78 is 0. The van der Waals surface area contributed by atoms with Gasteiger partial charge < -0.3 is 5.21 Å². The Balaban J connectivity index is 2.35. The zero-order valence-corrected chi connectivity index (χ0v) is 8.89. The molecule has 1 aliphatic carbocycles. The maximum absolute atomic E-state index is 8.86. The summed E-state index contributed by atoms with van der Waals surface area (Å²) in [4.78, 5) is 0. The van der Waals surface area contributed by atoms with E-state index in [1.54, 1.807) is 12.1 Å². The fourth-order valence-electron chi connectivity index (χ4n) is 1.39. The van der Waals surface area contributed by atoms with Crippen LogP contribution >= 0.6 is 23.2 Å². The maximum Gasteiger partial charge on any atom is 0.0899 e. The molecule has 0 spiro atoms. The molecule has 0 aromatic heterocycles. The highest BCUT2D eigenvalue weighted by Crippen LogP contribution is 2.34. The Kier molecular flexibility index (Phi) is 2.66. The van der Waals surface area contributed by atoms with Crippen molar-refractivity contribution in [1.82, 2.24) is 0 Å². The van der Waals surface area contributed by atoms with E-state index in [4.69, 9.17) is 28.4 Å². The van der Waals surface area contributed by atoms with Gasteiger partial charge in [-0.25, -0.2) is 0 Å². The third kappa shape index (κ3) is 1.86. The molecule has 1 aromatic rings. The molecule has 2 rings (SSSR count). The van der Waals surface area contributed by atoms with Crippen LogP contribution in [0.1, 0.15) is 18.4 Å². The van der Waals surface area contributed by atoms with Crippen LogP contribution in [0.25, 0.3) is 0 Å². The number of rotatable bonds is 2. The van der Waals surface area contributed by atoms with E-state index in [2.05, 4.69) is 5.16 Å². The zero-order chi connectivity index (χ0) is 10.1. The van der Waals surface area contributed by atoms with Crippen molar-refractivity contribution < 1.29 is 5.21 Å². The topological polar surface area (TPSA) is 32.6 Å². The molecule has 1 fully saturated rings. The second-order valence-electron chi connectivity index (χ2n) is 3.39. The van der Waals surface area contributed by atoms with Crippen LogP contribution in [0.4, 0.5) is 0 Å². The van der Waals surface area contributed by atoms with Crippen molar-refractivity contribution >= 4 is 28.9 Å². The van der Waals surface area contributed by atoms with Gasteiger partial charge in [-0.2, -0.15) is 0 Å². The highest BCUT2D eigenvalue weighted by molar-refractivity contribution is 6.42. The van der Waals surface area contributed by atoms with Crippen LogP contribution in [0.15, 0.2) is 23.4 Å². The van der Waals surface area contributed by atoms with Crippen LogP contribution in [0, 0.1) is 5.92 Å². The summed E-state index contributed by atoms with van der Waals surface area (Å²) in [6.07, 6.45) is 2.17. The highest BCUT2D eigenvalue weighted by Gasteiger charge is 2.29. The summed E-state index contributed by atoms with van der Waals surface area (Å²) >= 11 is 11.7. The Morgan fingerprint density at radius 3 is 2.50 bits per heavy atom. The van der Waals surface area contributed by atoms with Crippen molar-refractivity contribution in [3.05, 3.63) is 33.8 Å². The lowest BCUT2D eigenvalue weighted by Gasteiger charge is -2.03. The lowest BCUT2D eigenvalue weighted by Crippen LogP contribution is -2.03. The van der Waals surface area contributed by atoms with E-state index in [-0.39, 0.29) is 0 Å². The molecule has 1 aliphatic rings. The Morgan fingerprint density at radius 1 is 1.29 bits per heavy atom. The Hall–Kier alpha value is -0.730. The summed E-state index contributed by atoms with van der Waals surface area (Å²) in [6.45, 7) is 0. The first-order valence-corrected chi connectivity index (χ1v) is 5.15. The van der Waals surface area contributed by atoms with E-state index in [1.807, 2.05) is 6.07 Å². The number of benzene rings is 1. The van der Waals surface area contributed by atoms with Crippen LogP contribution in [0.5, 0.6) is 0 Å². The second kappa shape index (κ2) is 3.79. The van der Waals surface area contributed by atoms with Crippen LogP contribution in [-0.2, 0) is 0 Å². The molecule has 14 heavy (non-hydrogen) atoms. The molecule has 0 heterocycles. The van der Waals surface area contributed by atoms with Crippen LogP contribution in [-0.4, -0.2) is 10.9 Å². The zero-order valence-electron chi connectivity index (χ0n) is 7.37. The molecule has 74 valence electrons. The smallest absolute Gasteiger partial charge is 0.0899 e. The van der Waals surface area contributed by atoms with E-state index in [1.165, 1.54) is 0 Å². The van der Waals surface area contributed by atoms with E-state index in [9.17, 15) is 0 Å². The first kappa shape index (κ1) is 9.81. The summed E-state index contributed by atoms with van der Waals surface area (Å²) in [6, 6.07) is 5.27. The van der Waals surface area contributed by atoms with Crippen molar-refractivity contribution in [2.24, 2.45) is 11.1 Å². The van der Waals surface area contributed by atoms with Crippen LogP contribution < -0.4 is 0 Å². The molecule has 2 nitrogen and oxygen atoms in total. The Bertz CT molecular complexity index is 386. The molecular formula is C10H9Cl2NO. The SMILES string of the molecule is O/N=C(/c1ccc(Cl)c(Cl)c1)C1CC1. The standard InChI is InChI=1S/C10H9Cl2NO/c11-8-4-3-7(5-9(8)12)10(13-14)6-1-2-6/h3-6,14H,1-2H2/b13-10+. The van der Waals surface area contributed by atoms with Crippen molar-refractivity contribution in [3.8, 4) is 0 Å². The number of nitrogens with zero attached hydrogens (tertiary/aromatic N) is 1. The summed E-state index contributed by atoms with van der Waals surface area (Å²) in [5.41, 5.74) is 1.56. The van der Waals surface area contributed by atoms with Gasteiger partial charge in [-0.1, -0.05) is 34.4 Å². The van der Waals surface area contributed by atoms with Gasteiger partial charge in [0.1, 0.15) is 0 Å². The van der Waals surface area contributed by atoms with Crippen LogP contribution in [0.3, 0.4) is 0 Å². The average molecular weight is 230 g/mol. The molecule has 0 radical (unpaired) electrons. The predicted molar refractivity (Wildman–Crippen MR) is 57.5 cm³/mol. The van der Waals surface area contributed by atoms with Crippen molar-refractivity contribution in [3.63, 3.8) is 0 Å². The minimum absolute atomic E-state index is 0.386. The molecule has 1 aromatic carbocycles. The predicted octanol–water partition coefficient (Wildman–Crippen LogP) is 3.58. The van der Waals surface area contributed by atoms with Crippen molar-refractivity contribution in [1.29, 1.82) is 0 Å². The lowest BCUT2D eigenvalue weighted by molar-refractivity contribution is 0.317. The van der Waals surface area contributed by atoms with Gasteiger partial charge in [0, 0.05) is 11.5 Å². The summed E-state index contributed by atoms with van der Waals surface area (Å²) in [5.74, 6) is 0.386. The minimum atomic E-state index is 0.386. The van der Waals surface area contributed by atoms with Gasteiger partial charge in [0.05, 0.1) is 15.8 Å². The molecule has 4 heteroatoms. The number of hydrogen-bond acceptors (Lipinski definition) is 2. The fraction of sp³-hybridized carbons (Fsp3) is 0.300. The van der Waals surface area contributed by atoms with Gasteiger partial charge in [-0.3, -0.25) is 0 Å². The first-order chi connectivity index (χ1) is 6.72. The van der Waals surface area contributed by atoms with Crippen molar-refractivity contribution in [2.45, 2.75) is 12.8 Å². The maximum atomic E-state index is 8.86. The third-order valence-corrected chi connectivity index (χ3v) is 3.03. The van der Waals surface area contributed by atoms with Gasteiger partial charge >= 0.3 is 0 Å². The molecule has 0 bridgehead atoms. The van der Waals surface area contributed by atoms with E-state index in [0.717, 1.165) is 18.4 Å². The molecule has 0 unspecified atom stereocenters. The fourth-order valence-corrected chi connectivity index (χ4v) is 1.69. The van der Waals surface area contributed by atoms with Gasteiger partial charge in [-0.05, 0) is 25.0 Å². The molecule has 0 saturated heterocycles. The van der Waals surface area contributed by atoms with E-state index < -0.39 is 0 Å². The average Bonchev–Trinajstić information content (AvgIpc) is 2.96. The van der Waals surface area contributed by atoms with Gasteiger partial charge in [0.2, 0.25) is 0 Å². The summed E-state index contributed by atoms with van der Waals surface area (Å²) in [7, 11) is 0. The quantitative estimate of drug-likeness (QED) is 0.470. The van der Waals surface area contributed by atoms with E-state index in [0.29, 0.717) is 21.7 Å². The summed E-state index contributed by atoms with van der Waals surface area (Å²) in [5, 5.41) is 13.2. The Morgan fingerprint density at radius 2 is 2.00 bits per heavy atom. The number of hydrogen-bond donors (Lipinski definition) is 1. The highest BCUT2D eigenvalue weighted by atomic mass is 35.5. The largest absolute Gasteiger partial charge is 0.411 e. The Labute approximate surface area is 92.1 Å². The number of halogens is 2. The van der Waals surface area contributed by atoms with Crippen molar-refractivity contribution in [2.75, 3.05) is 0 Å². The molecule has 1 N–H and O–H groups in total. The number of oxime groups is 1. The normalized spacial score (nSPS) is 17.1. The molecule has 1 saturated carbocycles. The van der Waals surface area contributed by atoms with Gasteiger partial charge in [0.15, 0.2) is 0 Å². The molecule has 0 amide bonds. The second-order valence-corrected chi connectivity index (χ2v) is 4.20. The molecule has 0 atom stereocenters. The van der Waals surface area contributed by atoms with Gasteiger partial charge in [0.25, 0.3) is 0 Å². The molecular weight excluding hydrogens is 221 g/mol. The first-order valence-electron chi connectivity index (χ1n) is 4.39. The monoisotopic (exact) mass is 229 g/mol. The third-order valence-electron chi connectivity index (χ3n) is 2.29. The van der Waals surface area contributed by atoms with E-state index >= 15 is 0 Å². The lowest BCUT2D eigenvalue weighted by atomic mass is 10.1.